The number of anilines is 1. The van der Waals surface area contributed by atoms with Gasteiger partial charge in [0, 0.05) is 6.54 Å². The summed E-state index contributed by atoms with van der Waals surface area (Å²) in [4.78, 5) is 14.6. The summed E-state index contributed by atoms with van der Waals surface area (Å²) in [5.74, 6) is -0.628. The molecule has 2 rings (SSSR count). The van der Waals surface area contributed by atoms with E-state index in [0.717, 1.165) is 5.52 Å². The number of nitriles is 1. The van der Waals surface area contributed by atoms with Crippen molar-refractivity contribution in [1.29, 1.82) is 5.26 Å². The van der Waals surface area contributed by atoms with Crippen LogP contribution in [0.3, 0.4) is 0 Å². The van der Waals surface area contributed by atoms with Gasteiger partial charge >= 0.3 is 5.97 Å². The van der Waals surface area contributed by atoms with E-state index in [-0.39, 0.29) is 18.9 Å². The van der Waals surface area contributed by atoms with Gasteiger partial charge in [-0.15, -0.1) is 0 Å². The van der Waals surface area contributed by atoms with E-state index in [1.54, 1.807) is 22.8 Å². The van der Waals surface area contributed by atoms with E-state index in [1.165, 1.54) is 0 Å². The lowest BCUT2D eigenvalue weighted by Gasteiger charge is -2.03. The van der Waals surface area contributed by atoms with E-state index in [0.29, 0.717) is 11.1 Å². The maximum absolute atomic E-state index is 10.5. The highest BCUT2D eigenvalue weighted by molar-refractivity contribution is 5.80. The molecule has 0 fully saturated rings. The van der Waals surface area contributed by atoms with Crippen LogP contribution >= 0.6 is 0 Å². The van der Waals surface area contributed by atoms with Gasteiger partial charge in [0.1, 0.15) is 0 Å². The summed E-state index contributed by atoms with van der Waals surface area (Å²) >= 11 is 0. The molecule has 1 aromatic carbocycles. The number of carboxylic acid groups (broad SMARTS) is 1. The molecule has 6 nitrogen and oxygen atoms in total. The minimum atomic E-state index is -0.889. The average Bonchev–Trinajstić information content (AvgIpc) is 2.60. The summed E-state index contributed by atoms with van der Waals surface area (Å²) in [5, 5.41) is 17.4. The predicted octanol–water partition coefficient (Wildman–Crippen LogP) is 0.965. The lowest BCUT2D eigenvalue weighted by atomic mass is 10.2. The second-order valence-electron chi connectivity index (χ2n) is 3.58. The molecule has 0 saturated carbocycles. The Morgan fingerprint density at radius 3 is 3.00 bits per heavy atom. The van der Waals surface area contributed by atoms with Crippen LogP contribution in [0.1, 0.15) is 12.0 Å². The van der Waals surface area contributed by atoms with Gasteiger partial charge in [0.25, 0.3) is 0 Å². The smallest absolute Gasteiger partial charge is 0.305 e. The third kappa shape index (κ3) is 2.03. The van der Waals surface area contributed by atoms with Crippen LogP contribution in [0.25, 0.3) is 11.0 Å². The Morgan fingerprint density at radius 2 is 2.35 bits per heavy atom. The molecule has 0 atom stereocenters. The standard InChI is InChI=1S/C11H10N4O2/c12-6-7-1-2-9-8(5-7)14-11(13)15(9)4-3-10(16)17/h1-2,5H,3-4H2,(H2,13,14)(H,16,17). The SMILES string of the molecule is N#Cc1ccc2c(c1)nc(N)n2CCC(=O)O. The third-order valence-corrected chi connectivity index (χ3v) is 2.46. The number of aromatic nitrogens is 2. The largest absolute Gasteiger partial charge is 0.481 e. The lowest BCUT2D eigenvalue weighted by Crippen LogP contribution is -2.07. The molecule has 0 aliphatic carbocycles. The summed E-state index contributed by atoms with van der Waals surface area (Å²) < 4.78 is 1.63. The quantitative estimate of drug-likeness (QED) is 0.817. The first-order valence-corrected chi connectivity index (χ1v) is 4.99. The van der Waals surface area contributed by atoms with Crippen LogP contribution in [0, 0.1) is 11.3 Å². The van der Waals surface area contributed by atoms with Crippen molar-refractivity contribution in [2.75, 3.05) is 5.73 Å². The summed E-state index contributed by atoms with van der Waals surface area (Å²) in [6, 6.07) is 7.02. The highest BCUT2D eigenvalue weighted by Gasteiger charge is 2.09. The van der Waals surface area contributed by atoms with Crippen LogP contribution < -0.4 is 5.73 Å². The van der Waals surface area contributed by atoms with Gasteiger partial charge in [-0.2, -0.15) is 5.26 Å². The summed E-state index contributed by atoms with van der Waals surface area (Å²) in [6.45, 7) is 0.267. The topological polar surface area (TPSA) is 105 Å². The second-order valence-corrected chi connectivity index (χ2v) is 3.58. The van der Waals surface area contributed by atoms with Crippen molar-refractivity contribution in [3.05, 3.63) is 23.8 Å². The van der Waals surface area contributed by atoms with Crippen molar-refractivity contribution in [1.82, 2.24) is 9.55 Å². The fourth-order valence-electron chi connectivity index (χ4n) is 1.66. The second kappa shape index (κ2) is 4.14. The van der Waals surface area contributed by atoms with Crippen molar-refractivity contribution >= 4 is 23.0 Å². The van der Waals surface area contributed by atoms with E-state index < -0.39 is 5.97 Å². The van der Waals surface area contributed by atoms with Gasteiger partial charge in [-0.3, -0.25) is 4.79 Å². The van der Waals surface area contributed by atoms with Crippen LogP contribution in [-0.4, -0.2) is 20.6 Å². The van der Waals surface area contributed by atoms with Gasteiger partial charge in [-0.1, -0.05) is 0 Å². The molecule has 3 N–H and O–H groups in total. The molecule has 17 heavy (non-hydrogen) atoms. The number of aliphatic carboxylic acids is 1. The van der Waals surface area contributed by atoms with Crippen molar-refractivity contribution in [2.45, 2.75) is 13.0 Å². The van der Waals surface area contributed by atoms with Gasteiger partial charge in [-0.25, -0.2) is 4.98 Å². The molecule has 2 aromatic rings. The van der Waals surface area contributed by atoms with Crippen LogP contribution in [-0.2, 0) is 11.3 Å². The number of hydrogen-bond acceptors (Lipinski definition) is 4. The van der Waals surface area contributed by atoms with Gasteiger partial charge < -0.3 is 15.4 Å². The fourth-order valence-corrected chi connectivity index (χ4v) is 1.66. The first-order valence-electron chi connectivity index (χ1n) is 4.99. The Bertz CT molecular complexity index is 624. The zero-order chi connectivity index (χ0) is 12.4. The molecule has 0 aliphatic heterocycles. The molecule has 0 aliphatic rings. The van der Waals surface area contributed by atoms with Crippen LogP contribution in [0.4, 0.5) is 5.95 Å². The number of rotatable bonds is 3. The molecular weight excluding hydrogens is 220 g/mol. The molecule has 6 heteroatoms. The minimum Gasteiger partial charge on any atom is -0.481 e. The number of nitrogens with zero attached hydrogens (tertiary/aromatic N) is 3. The minimum absolute atomic E-state index is 0.0182. The Labute approximate surface area is 96.9 Å². The molecule has 0 radical (unpaired) electrons. The molecule has 0 saturated heterocycles. The number of nitrogen functional groups attached to an aromatic ring is 1. The Hall–Kier alpha value is -2.55. The first kappa shape index (κ1) is 11.0. The van der Waals surface area contributed by atoms with E-state index >= 15 is 0 Å². The van der Waals surface area contributed by atoms with Crippen molar-refractivity contribution in [3.63, 3.8) is 0 Å². The zero-order valence-electron chi connectivity index (χ0n) is 8.92. The lowest BCUT2D eigenvalue weighted by molar-refractivity contribution is -0.137. The monoisotopic (exact) mass is 230 g/mol. The highest BCUT2D eigenvalue weighted by Crippen LogP contribution is 2.19. The Kier molecular flexibility index (Phi) is 2.66. The first-order chi connectivity index (χ1) is 8.11. The maximum atomic E-state index is 10.5. The molecule has 0 unspecified atom stereocenters. The number of carbonyl (C=O) groups is 1. The average molecular weight is 230 g/mol. The van der Waals surface area contributed by atoms with E-state index in [2.05, 4.69) is 4.98 Å². The molecule has 0 spiro atoms. The predicted molar refractivity (Wildman–Crippen MR) is 61.1 cm³/mol. The molecule has 0 amide bonds. The van der Waals surface area contributed by atoms with Crippen LogP contribution in [0.15, 0.2) is 18.2 Å². The molecule has 1 heterocycles. The van der Waals surface area contributed by atoms with Crippen LogP contribution in [0.5, 0.6) is 0 Å². The summed E-state index contributed by atoms with van der Waals surface area (Å²) in [5.41, 5.74) is 7.55. The maximum Gasteiger partial charge on any atom is 0.305 e. The normalized spacial score (nSPS) is 10.3. The number of imidazole rings is 1. The summed E-state index contributed by atoms with van der Waals surface area (Å²) in [6.07, 6.45) is -0.0182. The Balaban J connectivity index is 2.46. The molecule has 86 valence electrons. The van der Waals surface area contributed by atoms with E-state index in [1.807, 2.05) is 6.07 Å². The van der Waals surface area contributed by atoms with Crippen LogP contribution in [0.2, 0.25) is 0 Å². The Morgan fingerprint density at radius 1 is 1.59 bits per heavy atom. The van der Waals surface area contributed by atoms with Gasteiger partial charge in [0.15, 0.2) is 0 Å². The zero-order valence-corrected chi connectivity index (χ0v) is 8.92. The van der Waals surface area contributed by atoms with E-state index in [4.69, 9.17) is 16.1 Å². The van der Waals surface area contributed by atoms with Gasteiger partial charge in [0.05, 0.1) is 29.1 Å². The molecular formula is C11H10N4O2. The van der Waals surface area contributed by atoms with Crippen molar-refractivity contribution in [2.24, 2.45) is 0 Å². The fraction of sp³-hybridized carbons (Fsp3) is 0.182. The number of hydrogen-bond donors (Lipinski definition) is 2. The van der Waals surface area contributed by atoms with Crippen molar-refractivity contribution in [3.8, 4) is 6.07 Å². The number of fused-ring (bicyclic) bond motifs is 1. The van der Waals surface area contributed by atoms with Gasteiger partial charge in [0.2, 0.25) is 5.95 Å². The van der Waals surface area contributed by atoms with E-state index in [9.17, 15) is 4.79 Å². The van der Waals surface area contributed by atoms with Crippen molar-refractivity contribution < 1.29 is 9.90 Å². The number of nitrogens with two attached hydrogens (primary N) is 1. The summed E-state index contributed by atoms with van der Waals surface area (Å²) in [7, 11) is 0. The third-order valence-electron chi connectivity index (χ3n) is 2.46. The number of aryl methyl sites for hydroxylation is 1. The number of carboxylic acids is 1. The molecule has 0 bridgehead atoms. The highest BCUT2D eigenvalue weighted by atomic mass is 16.4. The van der Waals surface area contributed by atoms with Gasteiger partial charge in [-0.05, 0) is 18.2 Å². The number of benzene rings is 1. The molecule has 1 aromatic heterocycles.